The first kappa shape index (κ1) is 10.1. The molecule has 1 aromatic rings. The molecule has 0 aromatic carbocycles. The average Bonchev–Trinajstić information content (AvgIpc) is 3.09. The van der Waals surface area contributed by atoms with Crippen molar-refractivity contribution < 1.29 is 0 Å². The van der Waals surface area contributed by atoms with Crippen LogP contribution in [0.15, 0.2) is 12.3 Å². The molecule has 0 spiro atoms. The molecule has 0 saturated heterocycles. The predicted octanol–water partition coefficient (Wildman–Crippen LogP) is 1.77. The Morgan fingerprint density at radius 3 is 3.00 bits per heavy atom. The molecule has 0 atom stereocenters. The second-order valence-corrected chi connectivity index (χ2v) is 3.96. The Balaban J connectivity index is 2.08. The lowest BCUT2D eigenvalue weighted by molar-refractivity contribution is 0.685. The predicted molar refractivity (Wildman–Crippen MR) is 58.2 cm³/mol. The van der Waals surface area contributed by atoms with Crippen molar-refractivity contribution in [3.63, 3.8) is 0 Å². The minimum Gasteiger partial charge on any atom is -0.310 e. The molecule has 15 heavy (non-hydrogen) atoms. The number of nitrogens with zero attached hydrogens (tertiary/aromatic N) is 2. The second-order valence-electron chi connectivity index (χ2n) is 3.96. The van der Waals surface area contributed by atoms with Crippen LogP contribution in [0.1, 0.15) is 36.6 Å². The van der Waals surface area contributed by atoms with Gasteiger partial charge in [-0.1, -0.05) is 6.92 Å². The Morgan fingerprint density at radius 2 is 2.40 bits per heavy atom. The number of hydrogen-bond donors (Lipinski definition) is 1. The summed E-state index contributed by atoms with van der Waals surface area (Å²) in [6.07, 6.45) is 5.26. The first-order valence-corrected chi connectivity index (χ1v) is 5.44. The van der Waals surface area contributed by atoms with Gasteiger partial charge in [0.25, 0.3) is 0 Å². The van der Waals surface area contributed by atoms with Gasteiger partial charge in [0.15, 0.2) is 0 Å². The molecule has 1 heterocycles. The van der Waals surface area contributed by atoms with Crippen molar-refractivity contribution in [2.24, 2.45) is 0 Å². The van der Waals surface area contributed by atoms with Gasteiger partial charge in [-0.25, -0.2) is 0 Å². The highest BCUT2D eigenvalue weighted by molar-refractivity contribution is 5.35. The van der Waals surface area contributed by atoms with Crippen LogP contribution < -0.4 is 5.32 Å². The Kier molecular flexibility index (Phi) is 2.98. The molecule has 1 N–H and O–H groups in total. The zero-order chi connectivity index (χ0) is 10.7. The highest BCUT2D eigenvalue weighted by Gasteiger charge is 2.20. The highest BCUT2D eigenvalue weighted by atomic mass is 14.9. The molecule has 0 unspecified atom stereocenters. The molecule has 3 nitrogen and oxygen atoms in total. The summed E-state index contributed by atoms with van der Waals surface area (Å²) in [5, 5.41) is 12.4. The van der Waals surface area contributed by atoms with E-state index in [-0.39, 0.29) is 0 Å². The molecule has 0 radical (unpaired) electrons. The molecule has 0 amide bonds. The SMILES string of the molecule is CCc1ncc(CNC2CC2)cc1C#N. The monoisotopic (exact) mass is 201 g/mol. The Bertz CT molecular complexity index is 388. The zero-order valence-corrected chi connectivity index (χ0v) is 8.95. The van der Waals surface area contributed by atoms with E-state index in [1.807, 2.05) is 19.2 Å². The maximum atomic E-state index is 8.95. The summed E-state index contributed by atoms with van der Waals surface area (Å²) in [6.45, 7) is 2.85. The summed E-state index contributed by atoms with van der Waals surface area (Å²) in [4.78, 5) is 4.30. The molecular weight excluding hydrogens is 186 g/mol. The Labute approximate surface area is 90.1 Å². The molecule has 1 saturated carbocycles. The van der Waals surface area contributed by atoms with E-state index in [1.54, 1.807) is 0 Å². The van der Waals surface area contributed by atoms with Gasteiger partial charge in [0.2, 0.25) is 0 Å². The standard InChI is InChI=1S/C12H15N3/c1-2-12-10(6-13)5-9(8-15-12)7-14-11-3-4-11/h5,8,11,14H,2-4,7H2,1H3. The molecule has 78 valence electrons. The molecule has 2 rings (SSSR count). The van der Waals surface area contributed by atoms with Gasteiger partial charge in [0, 0.05) is 18.8 Å². The van der Waals surface area contributed by atoms with E-state index in [1.165, 1.54) is 12.8 Å². The molecule has 1 aliphatic rings. The average molecular weight is 201 g/mol. The number of rotatable bonds is 4. The van der Waals surface area contributed by atoms with Crippen LogP contribution in [0.2, 0.25) is 0 Å². The fraction of sp³-hybridized carbons (Fsp3) is 0.500. The van der Waals surface area contributed by atoms with Crippen molar-refractivity contribution in [3.8, 4) is 6.07 Å². The molecular formula is C12H15N3. The van der Waals surface area contributed by atoms with Crippen molar-refractivity contribution in [2.75, 3.05) is 0 Å². The normalized spacial score (nSPS) is 14.9. The summed E-state index contributed by atoms with van der Waals surface area (Å²) in [6, 6.07) is 4.84. The lowest BCUT2D eigenvalue weighted by atomic mass is 10.1. The zero-order valence-electron chi connectivity index (χ0n) is 8.95. The van der Waals surface area contributed by atoms with E-state index in [0.29, 0.717) is 11.6 Å². The highest BCUT2D eigenvalue weighted by Crippen LogP contribution is 2.19. The van der Waals surface area contributed by atoms with Gasteiger partial charge < -0.3 is 5.32 Å². The molecule has 0 aliphatic heterocycles. The number of hydrogen-bond acceptors (Lipinski definition) is 3. The van der Waals surface area contributed by atoms with E-state index in [9.17, 15) is 0 Å². The maximum Gasteiger partial charge on any atom is 0.101 e. The van der Waals surface area contributed by atoms with Gasteiger partial charge in [-0.3, -0.25) is 4.98 Å². The van der Waals surface area contributed by atoms with Gasteiger partial charge in [-0.2, -0.15) is 5.26 Å². The molecule has 1 aliphatic carbocycles. The second kappa shape index (κ2) is 4.41. The summed E-state index contributed by atoms with van der Waals surface area (Å²) in [5.74, 6) is 0. The molecule has 1 fully saturated rings. The topological polar surface area (TPSA) is 48.7 Å². The van der Waals surface area contributed by atoms with Crippen molar-refractivity contribution >= 4 is 0 Å². The number of aryl methyl sites for hydroxylation is 1. The van der Waals surface area contributed by atoms with Gasteiger partial charge >= 0.3 is 0 Å². The third-order valence-electron chi connectivity index (χ3n) is 2.65. The number of nitriles is 1. The first-order valence-electron chi connectivity index (χ1n) is 5.44. The van der Waals surface area contributed by atoms with Crippen molar-refractivity contribution in [2.45, 2.75) is 38.8 Å². The van der Waals surface area contributed by atoms with E-state index >= 15 is 0 Å². The van der Waals surface area contributed by atoms with Gasteiger partial charge in [0.1, 0.15) is 6.07 Å². The lowest BCUT2D eigenvalue weighted by Gasteiger charge is -2.05. The van der Waals surface area contributed by atoms with Crippen LogP contribution in [0.25, 0.3) is 0 Å². The molecule has 0 bridgehead atoms. The van der Waals surface area contributed by atoms with Crippen LogP contribution in [0, 0.1) is 11.3 Å². The van der Waals surface area contributed by atoms with Crippen molar-refractivity contribution in [1.29, 1.82) is 5.26 Å². The van der Waals surface area contributed by atoms with Crippen LogP contribution in [0.3, 0.4) is 0 Å². The third-order valence-corrected chi connectivity index (χ3v) is 2.65. The Morgan fingerprint density at radius 1 is 1.60 bits per heavy atom. The lowest BCUT2D eigenvalue weighted by Crippen LogP contribution is -2.15. The maximum absolute atomic E-state index is 8.95. The van der Waals surface area contributed by atoms with Crippen LogP contribution in [-0.4, -0.2) is 11.0 Å². The van der Waals surface area contributed by atoms with Crippen LogP contribution in [0.4, 0.5) is 0 Å². The van der Waals surface area contributed by atoms with E-state index < -0.39 is 0 Å². The van der Waals surface area contributed by atoms with Crippen LogP contribution in [0.5, 0.6) is 0 Å². The minimum atomic E-state index is 0.696. The fourth-order valence-electron chi connectivity index (χ4n) is 1.56. The summed E-state index contributed by atoms with van der Waals surface area (Å²) >= 11 is 0. The number of pyridine rings is 1. The van der Waals surface area contributed by atoms with Gasteiger partial charge in [-0.15, -0.1) is 0 Å². The van der Waals surface area contributed by atoms with Gasteiger partial charge in [0.05, 0.1) is 11.3 Å². The van der Waals surface area contributed by atoms with Crippen LogP contribution >= 0.6 is 0 Å². The molecule has 3 heteroatoms. The summed E-state index contributed by atoms with van der Waals surface area (Å²) in [5.41, 5.74) is 2.72. The van der Waals surface area contributed by atoms with E-state index in [0.717, 1.165) is 24.2 Å². The quantitative estimate of drug-likeness (QED) is 0.807. The van der Waals surface area contributed by atoms with Crippen molar-refractivity contribution in [1.82, 2.24) is 10.3 Å². The number of nitrogens with one attached hydrogen (secondary N) is 1. The fourth-order valence-corrected chi connectivity index (χ4v) is 1.56. The van der Waals surface area contributed by atoms with Crippen LogP contribution in [-0.2, 0) is 13.0 Å². The third kappa shape index (κ3) is 2.54. The first-order chi connectivity index (χ1) is 7.33. The van der Waals surface area contributed by atoms with E-state index in [4.69, 9.17) is 5.26 Å². The van der Waals surface area contributed by atoms with E-state index in [2.05, 4.69) is 16.4 Å². The summed E-state index contributed by atoms with van der Waals surface area (Å²) < 4.78 is 0. The number of aromatic nitrogens is 1. The smallest absolute Gasteiger partial charge is 0.101 e. The minimum absolute atomic E-state index is 0.696. The Hall–Kier alpha value is -1.40. The molecule has 1 aromatic heterocycles. The largest absolute Gasteiger partial charge is 0.310 e. The van der Waals surface area contributed by atoms with Crippen molar-refractivity contribution in [3.05, 3.63) is 29.1 Å². The van der Waals surface area contributed by atoms with Gasteiger partial charge in [-0.05, 0) is 30.9 Å². The summed E-state index contributed by atoms with van der Waals surface area (Å²) in [7, 11) is 0.